The number of carbonyl (C=O) groups is 1. The van der Waals surface area contributed by atoms with E-state index in [0.717, 1.165) is 18.7 Å². The summed E-state index contributed by atoms with van der Waals surface area (Å²) in [6.07, 6.45) is 2.98. The predicted molar refractivity (Wildman–Crippen MR) is 49.3 cm³/mol. The van der Waals surface area contributed by atoms with E-state index in [0.29, 0.717) is 0 Å². The van der Waals surface area contributed by atoms with Crippen LogP contribution in [0.5, 0.6) is 0 Å². The van der Waals surface area contributed by atoms with Crippen LogP contribution in [0.25, 0.3) is 0 Å². The van der Waals surface area contributed by atoms with Crippen LogP contribution in [0.15, 0.2) is 18.3 Å². The van der Waals surface area contributed by atoms with Crippen molar-refractivity contribution in [1.29, 1.82) is 0 Å². The van der Waals surface area contributed by atoms with Crippen LogP contribution in [0, 0.1) is 0 Å². The van der Waals surface area contributed by atoms with Crippen LogP contribution in [0.4, 0.5) is 5.69 Å². The number of aromatic nitrogens is 1. The molecule has 0 unspecified atom stereocenters. The Bertz CT molecular complexity index is 360. The van der Waals surface area contributed by atoms with Crippen molar-refractivity contribution in [1.82, 2.24) is 0 Å². The van der Waals surface area contributed by atoms with Crippen molar-refractivity contribution in [3.63, 3.8) is 0 Å². The third-order valence-electron chi connectivity index (χ3n) is 2.53. The van der Waals surface area contributed by atoms with E-state index in [9.17, 15) is 4.79 Å². The summed E-state index contributed by atoms with van der Waals surface area (Å²) in [6.45, 7) is 2.44. The van der Waals surface area contributed by atoms with Gasteiger partial charge in [-0.3, -0.25) is 4.79 Å². The highest BCUT2D eigenvalue weighted by atomic mass is 16.2. The first-order valence-electron chi connectivity index (χ1n) is 4.46. The standard InChI is InChI=1S/C10H13N2O/c1-8(13)12-7-5-9-10(12)4-3-6-11(9)2/h3-4,6H,5,7H2,1-2H3/q+1. The van der Waals surface area contributed by atoms with Gasteiger partial charge in [0.05, 0.1) is 6.42 Å². The van der Waals surface area contributed by atoms with Crippen molar-refractivity contribution >= 4 is 11.6 Å². The Morgan fingerprint density at radius 1 is 1.62 bits per heavy atom. The van der Waals surface area contributed by atoms with Crippen LogP contribution in [-0.2, 0) is 18.3 Å². The van der Waals surface area contributed by atoms with Crippen LogP contribution in [0.3, 0.4) is 0 Å². The molecule has 0 spiro atoms. The van der Waals surface area contributed by atoms with Gasteiger partial charge in [0.15, 0.2) is 6.20 Å². The lowest BCUT2D eigenvalue weighted by molar-refractivity contribution is -0.677. The van der Waals surface area contributed by atoms with Gasteiger partial charge in [-0.1, -0.05) is 0 Å². The molecule has 0 N–H and O–H groups in total. The van der Waals surface area contributed by atoms with Crippen molar-refractivity contribution in [2.75, 3.05) is 11.4 Å². The van der Waals surface area contributed by atoms with E-state index in [-0.39, 0.29) is 5.91 Å². The van der Waals surface area contributed by atoms with Crippen molar-refractivity contribution in [3.8, 4) is 0 Å². The Morgan fingerprint density at radius 3 is 3.08 bits per heavy atom. The zero-order chi connectivity index (χ0) is 9.42. The molecule has 3 nitrogen and oxygen atoms in total. The molecule has 0 radical (unpaired) electrons. The minimum Gasteiger partial charge on any atom is -0.307 e. The summed E-state index contributed by atoms with van der Waals surface area (Å²) < 4.78 is 2.08. The zero-order valence-corrected chi connectivity index (χ0v) is 7.95. The smallest absolute Gasteiger partial charge is 0.224 e. The molecule has 3 heteroatoms. The first kappa shape index (κ1) is 8.23. The molecule has 2 rings (SSSR count). The Labute approximate surface area is 77.6 Å². The molecule has 1 aromatic heterocycles. The second kappa shape index (κ2) is 2.83. The number of fused-ring (bicyclic) bond motifs is 1. The van der Waals surface area contributed by atoms with Crippen molar-refractivity contribution < 1.29 is 9.36 Å². The van der Waals surface area contributed by atoms with Gasteiger partial charge in [0.2, 0.25) is 11.6 Å². The van der Waals surface area contributed by atoms with Gasteiger partial charge >= 0.3 is 0 Å². The number of rotatable bonds is 0. The molecular formula is C10H13N2O+. The largest absolute Gasteiger partial charge is 0.307 e. The van der Waals surface area contributed by atoms with E-state index in [1.807, 2.05) is 30.3 Å². The topological polar surface area (TPSA) is 24.2 Å². The minimum atomic E-state index is 0.130. The summed E-state index contributed by atoms with van der Waals surface area (Å²) in [5, 5.41) is 0. The summed E-state index contributed by atoms with van der Waals surface area (Å²) in [7, 11) is 2.02. The first-order valence-corrected chi connectivity index (χ1v) is 4.46. The highest BCUT2D eigenvalue weighted by Crippen LogP contribution is 2.23. The Hall–Kier alpha value is -1.38. The molecule has 1 amide bonds. The normalized spacial score (nSPS) is 14.5. The second-order valence-electron chi connectivity index (χ2n) is 3.37. The third-order valence-corrected chi connectivity index (χ3v) is 2.53. The number of anilines is 1. The highest BCUT2D eigenvalue weighted by Gasteiger charge is 2.27. The van der Waals surface area contributed by atoms with E-state index < -0.39 is 0 Å². The summed E-state index contributed by atoms with van der Waals surface area (Å²) in [5.74, 6) is 0.130. The second-order valence-corrected chi connectivity index (χ2v) is 3.37. The third kappa shape index (κ3) is 1.20. The van der Waals surface area contributed by atoms with Gasteiger partial charge < -0.3 is 4.90 Å². The number of hydrogen-bond donors (Lipinski definition) is 0. The molecule has 68 valence electrons. The first-order chi connectivity index (χ1) is 6.20. The lowest BCUT2D eigenvalue weighted by Crippen LogP contribution is -2.32. The molecule has 0 aromatic carbocycles. The zero-order valence-electron chi connectivity index (χ0n) is 7.95. The molecule has 0 saturated carbocycles. The van der Waals surface area contributed by atoms with Gasteiger partial charge in [0.1, 0.15) is 12.7 Å². The molecule has 2 heterocycles. The van der Waals surface area contributed by atoms with Gasteiger partial charge in [0.25, 0.3) is 0 Å². The molecule has 0 saturated heterocycles. The molecule has 0 atom stereocenters. The average Bonchev–Trinajstić information content (AvgIpc) is 2.48. The van der Waals surface area contributed by atoms with Crippen molar-refractivity contribution in [2.24, 2.45) is 7.05 Å². The van der Waals surface area contributed by atoms with E-state index in [2.05, 4.69) is 4.57 Å². The Kier molecular flexibility index (Phi) is 1.79. The average molecular weight is 177 g/mol. The summed E-state index contributed by atoms with van der Waals surface area (Å²) in [4.78, 5) is 13.1. The summed E-state index contributed by atoms with van der Waals surface area (Å²) >= 11 is 0. The fourth-order valence-corrected chi connectivity index (χ4v) is 1.85. The van der Waals surface area contributed by atoms with Crippen LogP contribution in [-0.4, -0.2) is 12.5 Å². The van der Waals surface area contributed by atoms with Crippen LogP contribution < -0.4 is 9.47 Å². The molecule has 1 aromatic rings. The number of hydrogen-bond acceptors (Lipinski definition) is 1. The molecule has 13 heavy (non-hydrogen) atoms. The van der Waals surface area contributed by atoms with Gasteiger partial charge in [-0.05, 0) is 6.07 Å². The van der Waals surface area contributed by atoms with Gasteiger partial charge in [-0.2, -0.15) is 0 Å². The summed E-state index contributed by atoms with van der Waals surface area (Å²) in [6, 6.07) is 3.98. The predicted octanol–water partition coefficient (Wildman–Crippen LogP) is 0.420. The van der Waals surface area contributed by atoms with Gasteiger partial charge in [-0.25, -0.2) is 4.57 Å². The number of carbonyl (C=O) groups excluding carboxylic acids is 1. The maximum Gasteiger partial charge on any atom is 0.224 e. The van der Waals surface area contributed by atoms with Crippen LogP contribution in [0.1, 0.15) is 12.6 Å². The number of aryl methyl sites for hydroxylation is 1. The molecular weight excluding hydrogens is 164 g/mol. The monoisotopic (exact) mass is 177 g/mol. The van der Waals surface area contributed by atoms with E-state index in [1.165, 1.54) is 5.69 Å². The van der Waals surface area contributed by atoms with Crippen molar-refractivity contribution in [2.45, 2.75) is 13.3 Å². The van der Waals surface area contributed by atoms with E-state index >= 15 is 0 Å². The van der Waals surface area contributed by atoms with Crippen LogP contribution >= 0.6 is 0 Å². The van der Waals surface area contributed by atoms with Crippen LogP contribution in [0.2, 0.25) is 0 Å². The fraction of sp³-hybridized carbons (Fsp3) is 0.400. The fourth-order valence-electron chi connectivity index (χ4n) is 1.85. The molecule has 0 bridgehead atoms. The lowest BCUT2D eigenvalue weighted by Gasteiger charge is -2.12. The maximum atomic E-state index is 11.2. The Morgan fingerprint density at radius 2 is 2.38 bits per heavy atom. The summed E-state index contributed by atoms with van der Waals surface area (Å²) in [5.41, 5.74) is 2.32. The van der Waals surface area contributed by atoms with Gasteiger partial charge in [0, 0.05) is 19.5 Å². The number of nitrogens with zero attached hydrogens (tertiary/aromatic N) is 2. The quantitative estimate of drug-likeness (QED) is 0.527. The molecule has 1 aliphatic rings. The van der Waals surface area contributed by atoms with E-state index in [4.69, 9.17) is 0 Å². The van der Waals surface area contributed by atoms with Gasteiger partial charge in [-0.15, -0.1) is 0 Å². The molecule has 0 aliphatic carbocycles. The van der Waals surface area contributed by atoms with E-state index in [1.54, 1.807) is 6.92 Å². The number of pyridine rings is 1. The molecule has 1 aliphatic heterocycles. The number of amides is 1. The highest BCUT2D eigenvalue weighted by molar-refractivity contribution is 5.93. The lowest BCUT2D eigenvalue weighted by atomic mass is 10.3. The SMILES string of the molecule is CC(=O)N1CCc2c1ccc[n+]2C. The molecule has 0 fully saturated rings. The Balaban J connectivity index is 2.49. The maximum absolute atomic E-state index is 11.2. The minimum absolute atomic E-state index is 0.130. The van der Waals surface area contributed by atoms with Crippen molar-refractivity contribution in [3.05, 3.63) is 24.0 Å².